The summed E-state index contributed by atoms with van der Waals surface area (Å²) in [5, 5.41) is 11.4. The summed E-state index contributed by atoms with van der Waals surface area (Å²) in [6.07, 6.45) is -0.100. The largest absolute Gasteiger partial charge is 0.481 e. The first-order valence-electron chi connectivity index (χ1n) is 5.56. The van der Waals surface area contributed by atoms with Gasteiger partial charge in [-0.3, -0.25) is 4.79 Å². The number of carbonyl (C=O) groups is 1. The van der Waals surface area contributed by atoms with E-state index in [-0.39, 0.29) is 6.42 Å². The van der Waals surface area contributed by atoms with Crippen LogP contribution in [0.4, 0.5) is 0 Å². The third-order valence-electron chi connectivity index (χ3n) is 2.67. The van der Waals surface area contributed by atoms with E-state index < -0.39 is 12.0 Å². The van der Waals surface area contributed by atoms with Gasteiger partial charge in [0, 0.05) is 10.9 Å². The SMILES string of the molecule is Cc1ccccc1-c1nc(C(N)CC(=O)O)cs1. The Labute approximate surface area is 109 Å². The van der Waals surface area contributed by atoms with Gasteiger partial charge in [0.2, 0.25) is 0 Å². The number of nitrogens with two attached hydrogens (primary N) is 1. The zero-order valence-electron chi connectivity index (χ0n) is 9.96. The maximum atomic E-state index is 10.6. The highest BCUT2D eigenvalue weighted by molar-refractivity contribution is 7.13. The van der Waals surface area contributed by atoms with E-state index in [0.29, 0.717) is 5.69 Å². The first-order chi connectivity index (χ1) is 8.58. The van der Waals surface area contributed by atoms with Gasteiger partial charge in [-0.15, -0.1) is 11.3 Å². The van der Waals surface area contributed by atoms with Crippen LogP contribution in [0.25, 0.3) is 10.6 Å². The molecular formula is C13H14N2O2S. The average Bonchev–Trinajstić information content (AvgIpc) is 2.78. The Morgan fingerprint density at radius 1 is 1.50 bits per heavy atom. The Balaban J connectivity index is 2.26. The molecule has 0 saturated carbocycles. The standard InChI is InChI=1S/C13H14N2O2S/c1-8-4-2-3-5-9(8)13-15-11(7-18-13)10(14)6-12(16)17/h2-5,7,10H,6,14H2,1H3,(H,16,17). The van der Waals surface area contributed by atoms with Crippen molar-refractivity contribution in [2.24, 2.45) is 5.73 Å². The Bertz CT molecular complexity index is 566. The first kappa shape index (κ1) is 12.7. The molecule has 1 aromatic carbocycles. The van der Waals surface area contributed by atoms with Crippen molar-refractivity contribution >= 4 is 17.3 Å². The minimum absolute atomic E-state index is 0.100. The molecule has 1 atom stereocenters. The van der Waals surface area contributed by atoms with Crippen LogP contribution < -0.4 is 5.73 Å². The molecule has 0 fully saturated rings. The molecule has 0 bridgehead atoms. The summed E-state index contributed by atoms with van der Waals surface area (Å²) in [6, 6.07) is 7.41. The van der Waals surface area contributed by atoms with Crippen LogP contribution in [0.5, 0.6) is 0 Å². The van der Waals surface area contributed by atoms with Crippen molar-refractivity contribution in [1.29, 1.82) is 0 Å². The van der Waals surface area contributed by atoms with Gasteiger partial charge in [0.15, 0.2) is 0 Å². The van der Waals surface area contributed by atoms with Crippen LogP contribution in [-0.4, -0.2) is 16.1 Å². The molecule has 0 saturated heterocycles. The van der Waals surface area contributed by atoms with E-state index in [1.54, 1.807) is 0 Å². The van der Waals surface area contributed by atoms with Crippen molar-refractivity contribution < 1.29 is 9.90 Å². The monoisotopic (exact) mass is 262 g/mol. The molecule has 2 aromatic rings. The zero-order chi connectivity index (χ0) is 13.1. The number of rotatable bonds is 4. The Kier molecular flexibility index (Phi) is 3.74. The van der Waals surface area contributed by atoms with Gasteiger partial charge in [0.05, 0.1) is 18.2 Å². The third-order valence-corrected chi connectivity index (χ3v) is 3.57. The normalized spacial score (nSPS) is 12.3. The number of hydrogen-bond donors (Lipinski definition) is 2. The van der Waals surface area contributed by atoms with Gasteiger partial charge in [-0.25, -0.2) is 4.98 Å². The highest BCUT2D eigenvalue weighted by Crippen LogP contribution is 2.28. The summed E-state index contributed by atoms with van der Waals surface area (Å²) in [6.45, 7) is 2.02. The summed E-state index contributed by atoms with van der Waals surface area (Å²) >= 11 is 1.49. The van der Waals surface area contributed by atoms with Gasteiger partial charge < -0.3 is 10.8 Å². The predicted molar refractivity (Wildman–Crippen MR) is 71.5 cm³/mol. The fraction of sp³-hybridized carbons (Fsp3) is 0.231. The molecule has 1 heterocycles. The number of carboxylic acid groups (broad SMARTS) is 1. The second-order valence-corrected chi connectivity index (χ2v) is 4.95. The van der Waals surface area contributed by atoms with Gasteiger partial charge in [-0.1, -0.05) is 24.3 Å². The molecule has 1 unspecified atom stereocenters. The summed E-state index contributed by atoms with van der Waals surface area (Å²) in [5.74, 6) is -0.909. The lowest BCUT2D eigenvalue weighted by molar-refractivity contribution is -0.137. The second-order valence-electron chi connectivity index (χ2n) is 4.10. The Hall–Kier alpha value is -1.72. The molecule has 0 spiro atoms. The lowest BCUT2D eigenvalue weighted by atomic mass is 10.1. The number of benzene rings is 1. The van der Waals surface area contributed by atoms with Crippen LogP contribution in [0.3, 0.4) is 0 Å². The van der Waals surface area contributed by atoms with Crippen molar-refractivity contribution in [3.8, 4) is 10.6 Å². The third kappa shape index (κ3) is 2.75. The number of aliphatic carboxylic acids is 1. The Morgan fingerprint density at radius 3 is 2.89 bits per heavy atom. The average molecular weight is 262 g/mol. The van der Waals surface area contributed by atoms with Gasteiger partial charge in [0.25, 0.3) is 0 Å². The highest BCUT2D eigenvalue weighted by Gasteiger charge is 2.15. The van der Waals surface area contributed by atoms with Gasteiger partial charge >= 0.3 is 5.97 Å². The van der Waals surface area contributed by atoms with Crippen LogP contribution in [0.2, 0.25) is 0 Å². The number of carboxylic acids is 1. The summed E-state index contributed by atoms with van der Waals surface area (Å²) < 4.78 is 0. The van der Waals surface area contributed by atoms with E-state index in [1.165, 1.54) is 11.3 Å². The van der Waals surface area contributed by atoms with Crippen molar-refractivity contribution in [2.45, 2.75) is 19.4 Å². The number of hydrogen-bond acceptors (Lipinski definition) is 4. The number of nitrogens with zero attached hydrogens (tertiary/aromatic N) is 1. The van der Waals surface area contributed by atoms with Crippen molar-refractivity contribution in [2.75, 3.05) is 0 Å². The van der Waals surface area contributed by atoms with Gasteiger partial charge in [-0.2, -0.15) is 0 Å². The van der Waals surface area contributed by atoms with Crippen molar-refractivity contribution in [3.63, 3.8) is 0 Å². The van der Waals surface area contributed by atoms with Gasteiger partial charge in [-0.05, 0) is 12.5 Å². The highest BCUT2D eigenvalue weighted by atomic mass is 32.1. The Morgan fingerprint density at radius 2 is 2.22 bits per heavy atom. The molecule has 3 N–H and O–H groups in total. The molecule has 5 heteroatoms. The molecule has 1 aromatic heterocycles. The smallest absolute Gasteiger partial charge is 0.305 e. The van der Waals surface area contributed by atoms with Crippen LogP contribution in [0.15, 0.2) is 29.6 Å². The fourth-order valence-electron chi connectivity index (χ4n) is 1.69. The van der Waals surface area contributed by atoms with Crippen LogP contribution >= 0.6 is 11.3 Å². The molecule has 0 aliphatic carbocycles. The molecule has 0 aliphatic heterocycles. The van der Waals surface area contributed by atoms with Crippen LogP contribution in [-0.2, 0) is 4.79 Å². The molecule has 2 rings (SSSR count). The number of aryl methyl sites for hydroxylation is 1. The van der Waals surface area contributed by atoms with E-state index in [2.05, 4.69) is 4.98 Å². The lowest BCUT2D eigenvalue weighted by Gasteiger charge is -2.04. The maximum Gasteiger partial charge on any atom is 0.305 e. The van der Waals surface area contributed by atoms with E-state index in [1.807, 2.05) is 36.6 Å². The van der Waals surface area contributed by atoms with Gasteiger partial charge in [0.1, 0.15) is 5.01 Å². The van der Waals surface area contributed by atoms with Crippen LogP contribution in [0.1, 0.15) is 23.7 Å². The molecule has 4 nitrogen and oxygen atoms in total. The maximum absolute atomic E-state index is 10.6. The van der Waals surface area contributed by atoms with Crippen molar-refractivity contribution in [3.05, 3.63) is 40.9 Å². The molecule has 0 amide bonds. The van der Waals surface area contributed by atoms with E-state index in [9.17, 15) is 4.79 Å². The predicted octanol–water partition coefficient (Wildman–Crippen LogP) is 2.59. The summed E-state index contributed by atoms with van der Waals surface area (Å²) in [5.41, 5.74) is 8.64. The van der Waals surface area contributed by atoms with E-state index in [4.69, 9.17) is 10.8 Å². The topological polar surface area (TPSA) is 76.2 Å². The lowest BCUT2D eigenvalue weighted by Crippen LogP contribution is -2.15. The molecular weight excluding hydrogens is 248 g/mol. The quantitative estimate of drug-likeness (QED) is 0.888. The zero-order valence-corrected chi connectivity index (χ0v) is 10.8. The minimum Gasteiger partial charge on any atom is -0.481 e. The second kappa shape index (κ2) is 5.29. The summed E-state index contributed by atoms with van der Waals surface area (Å²) in [4.78, 5) is 15.0. The minimum atomic E-state index is -0.909. The van der Waals surface area contributed by atoms with E-state index >= 15 is 0 Å². The molecule has 94 valence electrons. The number of aromatic nitrogens is 1. The fourth-order valence-corrected chi connectivity index (χ4v) is 2.66. The van der Waals surface area contributed by atoms with E-state index in [0.717, 1.165) is 16.1 Å². The van der Waals surface area contributed by atoms with Crippen molar-refractivity contribution in [1.82, 2.24) is 4.98 Å². The van der Waals surface area contributed by atoms with Crippen LogP contribution in [0, 0.1) is 6.92 Å². The number of thiazole rings is 1. The molecule has 0 radical (unpaired) electrons. The first-order valence-corrected chi connectivity index (χ1v) is 6.44. The molecule has 18 heavy (non-hydrogen) atoms. The molecule has 0 aliphatic rings. The summed E-state index contributed by atoms with van der Waals surface area (Å²) in [7, 11) is 0.